The van der Waals surface area contributed by atoms with Crippen molar-refractivity contribution < 1.29 is 30.3 Å². The number of hydrogen-bond acceptors (Lipinski definition) is 6. The van der Waals surface area contributed by atoms with Crippen molar-refractivity contribution in [2.75, 3.05) is 6.61 Å². The second-order valence-electron chi connectivity index (χ2n) is 3.02. The van der Waals surface area contributed by atoms with Gasteiger partial charge in [0.1, 0.15) is 24.4 Å². The summed E-state index contributed by atoms with van der Waals surface area (Å²) in [6.45, 7) is -0.797. The molecule has 0 rings (SSSR count). The van der Waals surface area contributed by atoms with Crippen molar-refractivity contribution in [3.63, 3.8) is 0 Å². The van der Waals surface area contributed by atoms with Crippen LogP contribution in [-0.2, 0) is 4.79 Å². The van der Waals surface area contributed by atoms with E-state index in [1.165, 1.54) is 0 Å². The predicted molar refractivity (Wildman–Crippen MR) is 49.6 cm³/mol. The first kappa shape index (κ1) is 14.0. The molecule has 86 valence electrons. The topological polar surface area (TPSA) is 118 Å². The molecule has 0 fully saturated rings. The van der Waals surface area contributed by atoms with Crippen LogP contribution in [0.15, 0.2) is 0 Å². The van der Waals surface area contributed by atoms with E-state index in [4.69, 9.17) is 21.7 Å². The number of rotatable bonds is 6. The molecule has 0 amide bonds. The second kappa shape index (κ2) is 6.50. The molecular weight excluding hydrogens is 204 g/mol. The molecule has 0 unspecified atom stereocenters. The van der Waals surface area contributed by atoms with Gasteiger partial charge < -0.3 is 25.5 Å². The monoisotopic (exact) mass is 218 g/mol. The van der Waals surface area contributed by atoms with E-state index in [9.17, 15) is 15.0 Å². The second-order valence-corrected chi connectivity index (χ2v) is 3.02. The van der Waals surface area contributed by atoms with Crippen LogP contribution in [0, 0.1) is 12.3 Å². The van der Waals surface area contributed by atoms with Crippen molar-refractivity contribution in [2.45, 2.75) is 30.8 Å². The summed E-state index contributed by atoms with van der Waals surface area (Å²) in [5.74, 6) is 1.13. The number of carbonyl (C=O) groups excluding carboxylic acids is 1. The van der Waals surface area contributed by atoms with Crippen LogP contribution in [-0.4, -0.2) is 62.3 Å². The molecule has 6 nitrogen and oxygen atoms in total. The summed E-state index contributed by atoms with van der Waals surface area (Å²) in [6, 6.07) is 0. The largest absolute Gasteiger partial charge is 0.394 e. The Bertz CT molecular complexity index is 245. The van der Waals surface area contributed by atoms with Gasteiger partial charge in [-0.1, -0.05) is 5.92 Å². The van der Waals surface area contributed by atoms with Crippen LogP contribution in [0.1, 0.15) is 6.42 Å². The van der Waals surface area contributed by atoms with Gasteiger partial charge in [-0.05, 0) is 0 Å². The average molecular weight is 218 g/mol. The minimum Gasteiger partial charge on any atom is -0.394 e. The molecule has 0 aliphatic heterocycles. The number of hydrogen-bond donors (Lipinski definition) is 5. The van der Waals surface area contributed by atoms with Gasteiger partial charge in [-0.25, -0.2) is 0 Å². The molecule has 4 atom stereocenters. The van der Waals surface area contributed by atoms with Gasteiger partial charge in [0.2, 0.25) is 0 Å². The smallest absolute Gasteiger partial charge is 0.175 e. The Labute approximate surface area is 86.8 Å². The van der Waals surface area contributed by atoms with Crippen LogP contribution in [0.4, 0.5) is 0 Å². The quantitative estimate of drug-likeness (QED) is 0.303. The van der Waals surface area contributed by atoms with E-state index in [1.54, 1.807) is 0 Å². The Morgan fingerprint density at radius 2 is 1.73 bits per heavy atom. The fourth-order valence-corrected chi connectivity index (χ4v) is 0.918. The molecule has 0 heterocycles. The maximum absolute atomic E-state index is 11.0. The van der Waals surface area contributed by atoms with Gasteiger partial charge in [0, 0.05) is 0 Å². The van der Waals surface area contributed by atoms with E-state index < -0.39 is 36.8 Å². The Kier molecular flexibility index (Phi) is 6.08. The number of ketones is 1. The highest BCUT2D eigenvalue weighted by Gasteiger charge is 2.33. The predicted octanol–water partition coefficient (Wildman–Crippen LogP) is -2.99. The number of aliphatic hydroxyl groups excluding tert-OH is 5. The zero-order valence-electron chi connectivity index (χ0n) is 7.95. The molecule has 0 aromatic carbocycles. The third-order valence-electron chi connectivity index (χ3n) is 1.86. The van der Waals surface area contributed by atoms with Gasteiger partial charge in [0.25, 0.3) is 0 Å². The van der Waals surface area contributed by atoms with Gasteiger partial charge in [0.05, 0.1) is 13.0 Å². The van der Waals surface area contributed by atoms with Crippen molar-refractivity contribution in [1.29, 1.82) is 0 Å². The van der Waals surface area contributed by atoms with E-state index in [0.29, 0.717) is 0 Å². The summed E-state index contributed by atoms with van der Waals surface area (Å²) < 4.78 is 0. The van der Waals surface area contributed by atoms with E-state index in [-0.39, 0.29) is 6.42 Å². The first-order valence-electron chi connectivity index (χ1n) is 4.25. The van der Waals surface area contributed by atoms with Crippen molar-refractivity contribution in [1.82, 2.24) is 0 Å². The fourth-order valence-electron chi connectivity index (χ4n) is 0.918. The summed E-state index contributed by atoms with van der Waals surface area (Å²) >= 11 is 0. The van der Waals surface area contributed by atoms with Crippen LogP contribution in [0.25, 0.3) is 0 Å². The maximum Gasteiger partial charge on any atom is 0.175 e. The molecule has 0 aromatic rings. The van der Waals surface area contributed by atoms with Crippen molar-refractivity contribution >= 4 is 5.78 Å². The molecule has 0 aromatic heterocycles. The molecule has 0 aliphatic rings. The summed E-state index contributed by atoms with van der Waals surface area (Å²) in [4.78, 5) is 11.0. The van der Waals surface area contributed by atoms with Gasteiger partial charge in [0.15, 0.2) is 5.78 Å². The summed E-state index contributed by atoms with van der Waals surface area (Å²) in [6.07, 6.45) is -2.78. The molecule has 0 aliphatic carbocycles. The first-order chi connectivity index (χ1) is 6.95. The van der Waals surface area contributed by atoms with Crippen LogP contribution < -0.4 is 0 Å². The van der Waals surface area contributed by atoms with Crippen molar-refractivity contribution in [3.05, 3.63) is 0 Å². The maximum atomic E-state index is 11.0. The Balaban J connectivity index is 4.37. The molecular formula is C9H14O6. The Hall–Kier alpha value is -0.970. The first-order valence-corrected chi connectivity index (χ1v) is 4.25. The number of Topliss-reactive ketones (excluding diaryl/α,β-unsaturated/α-hetero) is 1. The lowest BCUT2D eigenvalue weighted by atomic mass is 9.99. The highest BCUT2D eigenvalue weighted by Crippen LogP contribution is 2.07. The van der Waals surface area contributed by atoms with Gasteiger partial charge in [-0.2, -0.15) is 0 Å². The number of aliphatic hydroxyl groups is 5. The SMILES string of the molecule is C#CCC(=O)[C@@H](O)[C@@H](O)[C@H](O)[C@H](O)CO. The third kappa shape index (κ3) is 3.95. The van der Waals surface area contributed by atoms with E-state index in [1.807, 2.05) is 5.92 Å². The van der Waals surface area contributed by atoms with Gasteiger partial charge >= 0.3 is 0 Å². The summed E-state index contributed by atoms with van der Waals surface area (Å²) in [5, 5.41) is 45.0. The molecule has 0 bridgehead atoms. The summed E-state index contributed by atoms with van der Waals surface area (Å²) in [5.41, 5.74) is 0. The average Bonchev–Trinajstić information content (AvgIpc) is 2.25. The van der Waals surface area contributed by atoms with Crippen molar-refractivity contribution in [3.8, 4) is 12.3 Å². The standard InChI is InChI=1S/C9H14O6/c1-2-3-5(11)7(13)9(15)8(14)6(12)4-10/h1,6-10,12-15H,3-4H2/t6-,7-,8-,9-/m1/s1. The molecule has 6 heteroatoms. The van der Waals surface area contributed by atoms with Crippen LogP contribution in [0.3, 0.4) is 0 Å². The molecule has 5 N–H and O–H groups in total. The molecule has 15 heavy (non-hydrogen) atoms. The number of terminal acetylenes is 1. The highest BCUT2D eigenvalue weighted by atomic mass is 16.4. The lowest BCUT2D eigenvalue weighted by Crippen LogP contribution is -2.48. The fraction of sp³-hybridized carbons (Fsp3) is 0.667. The Morgan fingerprint density at radius 3 is 2.13 bits per heavy atom. The van der Waals surface area contributed by atoms with Gasteiger partial charge in [-0.15, -0.1) is 6.42 Å². The molecule has 0 saturated carbocycles. The lowest BCUT2D eigenvalue weighted by Gasteiger charge is -2.24. The van der Waals surface area contributed by atoms with E-state index >= 15 is 0 Å². The third-order valence-corrected chi connectivity index (χ3v) is 1.86. The number of carbonyl (C=O) groups is 1. The molecule has 0 radical (unpaired) electrons. The zero-order valence-corrected chi connectivity index (χ0v) is 7.95. The molecule has 0 spiro atoms. The molecule has 0 saturated heterocycles. The van der Waals surface area contributed by atoms with Crippen LogP contribution >= 0.6 is 0 Å². The van der Waals surface area contributed by atoms with Crippen LogP contribution in [0.2, 0.25) is 0 Å². The summed E-state index contributed by atoms with van der Waals surface area (Å²) in [7, 11) is 0. The van der Waals surface area contributed by atoms with Crippen molar-refractivity contribution in [2.24, 2.45) is 0 Å². The minimum atomic E-state index is -1.88. The zero-order chi connectivity index (χ0) is 12.0. The highest BCUT2D eigenvalue weighted by molar-refractivity contribution is 5.85. The Morgan fingerprint density at radius 1 is 1.20 bits per heavy atom. The normalized spacial score (nSPS) is 18.7. The minimum absolute atomic E-state index is 0.389. The lowest BCUT2D eigenvalue weighted by molar-refractivity contribution is -0.146. The van der Waals surface area contributed by atoms with E-state index in [0.717, 1.165) is 0 Å². The van der Waals surface area contributed by atoms with E-state index in [2.05, 4.69) is 0 Å². The van der Waals surface area contributed by atoms with Crippen LogP contribution in [0.5, 0.6) is 0 Å². The van der Waals surface area contributed by atoms with Gasteiger partial charge in [-0.3, -0.25) is 4.79 Å².